The molecule has 8 heteroatoms. The van der Waals surface area contributed by atoms with Crippen molar-refractivity contribution in [2.45, 2.75) is 0 Å². The Morgan fingerprint density at radius 3 is 2.67 bits per heavy atom. The summed E-state index contributed by atoms with van der Waals surface area (Å²) in [7, 11) is 0. The molecule has 2 aromatic rings. The molecule has 2 rings (SSSR count). The summed E-state index contributed by atoms with van der Waals surface area (Å²) in [6.07, 6.45) is 1.06. The molecule has 0 fully saturated rings. The van der Waals surface area contributed by atoms with E-state index in [0.29, 0.717) is 6.07 Å². The largest absolute Gasteiger partial charge is 0.477 e. The lowest BCUT2D eigenvalue weighted by Gasteiger charge is -2.04. The number of aromatic nitrogens is 1. The Hall–Kier alpha value is -2.09. The Bertz CT molecular complexity index is 615. The molecule has 0 aliphatic rings. The molecule has 0 saturated heterocycles. The second-order valence-corrected chi connectivity index (χ2v) is 4.24. The van der Waals surface area contributed by atoms with Gasteiger partial charge in [0, 0.05) is 12.1 Å². The minimum atomic E-state index is -1.34. The molecule has 1 heterocycles. The monoisotopic (exact) mass is 274 g/mol. The van der Waals surface area contributed by atoms with Gasteiger partial charge in [0.25, 0.3) is 0 Å². The lowest BCUT2D eigenvalue weighted by atomic mass is 10.3. The molecular weight excluding hydrogens is 269 g/mol. The van der Waals surface area contributed by atoms with Gasteiger partial charge in [-0.3, -0.25) is 0 Å². The average Bonchev–Trinajstić information content (AvgIpc) is 2.74. The van der Waals surface area contributed by atoms with E-state index >= 15 is 0 Å². The van der Waals surface area contributed by atoms with Crippen LogP contribution in [0, 0.1) is 17.5 Å². The zero-order valence-electron chi connectivity index (χ0n) is 8.58. The van der Waals surface area contributed by atoms with Crippen LogP contribution in [0.15, 0.2) is 18.3 Å². The van der Waals surface area contributed by atoms with E-state index < -0.39 is 29.1 Å². The molecule has 94 valence electrons. The first-order chi connectivity index (χ1) is 8.47. The average molecular weight is 274 g/mol. The lowest BCUT2D eigenvalue weighted by Crippen LogP contribution is -1.97. The third-order valence-electron chi connectivity index (χ3n) is 1.95. The molecule has 0 bridgehead atoms. The van der Waals surface area contributed by atoms with E-state index in [1.165, 1.54) is 0 Å². The van der Waals surface area contributed by atoms with Crippen LogP contribution in [0.2, 0.25) is 0 Å². The maximum atomic E-state index is 13.3. The number of rotatable bonds is 3. The van der Waals surface area contributed by atoms with Crippen molar-refractivity contribution in [2.24, 2.45) is 0 Å². The minimum absolute atomic E-state index is 0.0244. The van der Waals surface area contributed by atoms with Crippen LogP contribution in [-0.2, 0) is 0 Å². The first-order valence-corrected chi connectivity index (χ1v) is 5.39. The second-order valence-electron chi connectivity index (χ2n) is 3.21. The highest BCUT2D eigenvalue weighted by molar-refractivity contribution is 7.17. The summed E-state index contributed by atoms with van der Waals surface area (Å²) >= 11 is 0.723. The van der Waals surface area contributed by atoms with Gasteiger partial charge in [0.1, 0.15) is 10.7 Å². The van der Waals surface area contributed by atoms with Gasteiger partial charge in [0.05, 0.1) is 11.9 Å². The lowest BCUT2D eigenvalue weighted by molar-refractivity contribution is 0.0702. The summed E-state index contributed by atoms with van der Waals surface area (Å²) in [6.45, 7) is 0. The number of benzene rings is 1. The highest BCUT2D eigenvalue weighted by atomic mass is 32.1. The first kappa shape index (κ1) is 12.4. The van der Waals surface area contributed by atoms with Crippen molar-refractivity contribution in [3.05, 3.63) is 40.7 Å². The fraction of sp³-hybridized carbons (Fsp3) is 0. The molecule has 0 amide bonds. The molecule has 18 heavy (non-hydrogen) atoms. The number of thiazole rings is 1. The second kappa shape index (κ2) is 4.65. The number of carboxylic acid groups (broad SMARTS) is 1. The summed E-state index contributed by atoms with van der Waals surface area (Å²) in [6, 6.07) is 1.16. The van der Waals surface area contributed by atoms with Gasteiger partial charge < -0.3 is 10.4 Å². The summed E-state index contributed by atoms with van der Waals surface area (Å²) in [5, 5.41) is 11.0. The summed E-state index contributed by atoms with van der Waals surface area (Å²) in [5.74, 6) is -4.74. The van der Waals surface area contributed by atoms with E-state index in [9.17, 15) is 18.0 Å². The molecule has 0 radical (unpaired) electrons. The predicted molar refractivity (Wildman–Crippen MR) is 58.7 cm³/mol. The van der Waals surface area contributed by atoms with Gasteiger partial charge in [0.15, 0.2) is 16.8 Å². The molecule has 0 aliphatic heterocycles. The molecule has 1 aromatic carbocycles. The number of nitrogens with zero attached hydrogens (tertiary/aromatic N) is 1. The molecule has 2 N–H and O–H groups in total. The number of hydrogen-bond donors (Lipinski definition) is 2. The van der Waals surface area contributed by atoms with Crippen molar-refractivity contribution >= 4 is 28.1 Å². The fourth-order valence-corrected chi connectivity index (χ4v) is 1.86. The number of aromatic carboxylic acids is 1. The SMILES string of the molecule is O=C(O)c1cnc(Nc2cc(F)cc(F)c2F)s1. The smallest absolute Gasteiger partial charge is 0.347 e. The molecule has 0 unspecified atom stereocenters. The summed E-state index contributed by atoms with van der Waals surface area (Å²) < 4.78 is 39.1. The molecule has 0 aliphatic carbocycles. The number of halogens is 3. The Kier molecular flexibility index (Phi) is 3.19. The van der Waals surface area contributed by atoms with Crippen LogP contribution in [0.4, 0.5) is 24.0 Å². The molecule has 4 nitrogen and oxygen atoms in total. The Balaban J connectivity index is 2.30. The van der Waals surface area contributed by atoms with E-state index in [2.05, 4.69) is 10.3 Å². The van der Waals surface area contributed by atoms with E-state index in [-0.39, 0.29) is 10.0 Å². The van der Waals surface area contributed by atoms with E-state index in [1.807, 2.05) is 0 Å². The van der Waals surface area contributed by atoms with E-state index in [0.717, 1.165) is 23.6 Å². The van der Waals surface area contributed by atoms with Crippen LogP contribution < -0.4 is 5.32 Å². The van der Waals surface area contributed by atoms with E-state index in [1.54, 1.807) is 0 Å². The Morgan fingerprint density at radius 2 is 2.06 bits per heavy atom. The van der Waals surface area contributed by atoms with E-state index in [4.69, 9.17) is 5.11 Å². The van der Waals surface area contributed by atoms with Gasteiger partial charge in [0.2, 0.25) is 0 Å². The standard InChI is InChI=1S/C10H5F3N2O2S/c11-4-1-5(12)8(13)6(2-4)15-10-14-3-7(18-10)9(16)17/h1-3H,(H,14,15)(H,16,17). The number of anilines is 2. The molecule has 0 saturated carbocycles. The third kappa shape index (κ3) is 2.43. The van der Waals surface area contributed by atoms with Crippen molar-refractivity contribution in [1.29, 1.82) is 0 Å². The van der Waals surface area contributed by atoms with Crippen molar-refractivity contribution < 1.29 is 23.1 Å². The zero-order chi connectivity index (χ0) is 13.3. The number of nitrogens with one attached hydrogen (secondary N) is 1. The third-order valence-corrected chi connectivity index (χ3v) is 2.85. The highest BCUT2D eigenvalue weighted by Crippen LogP contribution is 2.26. The van der Waals surface area contributed by atoms with Gasteiger partial charge in [-0.1, -0.05) is 11.3 Å². The summed E-state index contributed by atoms with van der Waals surface area (Å²) in [4.78, 5) is 14.2. The molecule has 0 atom stereocenters. The maximum Gasteiger partial charge on any atom is 0.347 e. The fourth-order valence-electron chi connectivity index (χ4n) is 1.19. The first-order valence-electron chi connectivity index (χ1n) is 4.58. The van der Waals surface area contributed by atoms with Crippen LogP contribution in [-0.4, -0.2) is 16.1 Å². The normalized spacial score (nSPS) is 10.4. The quantitative estimate of drug-likeness (QED) is 0.844. The van der Waals surface area contributed by atoms with Gasteiger partial charge in [-0.05, 0) is 0 Å². The molecular formula is C10H5F3N2O2S. The number of carbonyl (C=O) groups is 1. The number of hydrogen-bond acceptors (Lipinski definition) is 4. The van der Waals surface area contributed by atoms with Gasteiger partial charge in [-0.25, -0.2) is 22.9 Å². The predicted octanol–water partition coefficient (Wildman–Crippen LogP) is 3.00. The summed E-state index contributed by atoms with van der Waals surface area (Å²) in [5.41, 5.74) is -0.446. The van der Waals surface area contributed by atoms with Crippen LogP contribution >= 0.6 is 11.3 Å². The molecule has 0 spiro atoms. The van der Waals surface area contributed by atoms with Crippen molar-refractivity contribution in [3.8, 4) is 0 Å². The van der Waals surface area contributed by atoms with Gasteiger partial charge in [-0.2, -0.15) is 0 Å². The van der Waals surface area contributed by atoms with Crippen LogP contribution in [0.3, 0.4) is 0 Å². The minimum Gasteiger partial charge on any atom is -0.477 e. The van der Waals surface area contributed by atoms with Crippen LogP contribution in [0.1, 0.15) is 9.67 Å². The molecule has 1 aromatic heterocycles. The van der Waals surface area contributed by atoms with Gasteiger partial charge in [-0.15, -0.1) is 0 Å². The number of carboxylic acids is 1. The van der Waals surface area contributed by atoms with Crippen molar-refractivity contribution in [1.82, 2.24) is 4.98 Å². The van der Waals surface area contributed by atoms with Crippen molar-refractivity contribution in [2.75, 3.05) is 5.32 Å². The highest BCUT2D eigenvalue weighted by Gasteiger charge is 2.14. The Morgan fingerprint density at radius 1 is 1.33 bits per heavy atom. The maximum absolute atomic E-state index is 13.3. The van der Waals surface area contributed by atoms with Gasteiger partial charge >= 0.3 is 5.97 Å². The van der Waals surface area contributed by atoms with Crippen LogP contribution in [0.5, 0.6) is 0 Å². The Labute approximate surface area is 103 Å². The topological polar surface area (TPSA) is 62.2 Å². The zero-order valence-corrected chi connectivity index (χ0v) is 9.39. The van der Waals surface area contributed by atoms with Crippen molar-refractivity contribution in [3.63, 3.8) is 0 Å². The van der Waals surface area contributed by atoms with Crippen LogP contribution in [0.25, 0.3) is 0 Å².